The molecule has 0 atom stereocenters. The van der Waals surface area contributed by atoms with E-state index in [0.717, 1.165) is 61.7 Å². The highest BCUT2D eigenvalue weighted by molar-refractivity contribution is 7.99. The summed E-state index contributed by atoms with van der Waals surface area (Å²) in [7, 11) is -3.27. The smallest absolute Gasteiger partial charge is 0.220 e. The fourth-order valence-electron chi connectivity index (χ4n) is 4.17. The van der Waals surface area contributed by atoms with Crippen LogP contribution in [-0.2, 0) is 14.6 Å². The summed E-state index contributed by atoms with van der Waals surface area (Å²) in [6, 6.07) is 13.6. The molecule has 210 valence electrons. The van der Waals surface area contributed by atoms with Crippen LogP contribution in [0.5, 0.6) is 0 Å². The number of aliphatic hydroxyl groups is 1. The summed E-state index contributed by atoms with van der Waals surface area (Å²) in [5, 5.41) is 8.96. The van der Waals surface area contributed by atoms with E-state index in [0.29, 0.717) is 4.90 Å². The second-order valence-electron chi connectivity index (χ2n) is 10.1. The SMILES string of the molecule is CC(C)(O)C(Cl)(Cl)Cl.CS(=O)(=O)c1ccc2c(c1)N(CCCN1CCC(C(N)=O)CC1)c1ccccc1S2. The van der Waals surface area contributed by atoms with Gasteiger partial charge in [0, 0.05) is 28.5 Å². The van der Waals surface area contributed by atoms with E-state index in [9.17, 15) is 13.2 Å². The first-order valence-electron chi connectivity index (χ1n) is 12.3. The molecule has 2 aromatic rings. The minimum atomic E-state index is -3.27. The molecule has 4 rings (SSSR count). The molecular weight excluding hydrogens is 589 g/mol. The zero-order chi connectivity index (χ0) is 28.3. The number of hydrogen-bond donors (Lipinski definition) is 2. The van der Waals surface area contributed by atoms with E-state index < -0.39 is 19.2 Å². The van der Waals surface area contributed by atoms with Crippen molar-refractivity contribution in [3.05, 3.63) is 42.5 Å². The molecule has 0 aliphatic carbocycles. The average molecular weight is 623 g/mol. The Kier molecular flexibility index (Phi) is 10.3. The van der Waals surface area contributed by atoms with Crippen LogP contribution in [-0.4, -0.2) is 66.2 Å². The Labute approximate surface area is 244 Å². The first kappa shape index (κ1) is 31.3. The quantitative estimate of drug-likeness (QED) is 0.416. The molecule has 1 fully saturated rings. The topological polar surface area (TPSA) is 104 Å². The van der Waals surface area contributed by atoms with Gasteiger partial charge in [0.15, 0.2) is 9.84 Å². The highest BCUT2D eigenvalue weighted by Crippen LogP contribution is 2.48. The maximum Gasteiger partial charge on any atom is 0.220 e. The van der Waals surface area contributed by atoms with Gasteiger partial charge < -0.3 is 20.6 Å². The molecule has 2 aromatic carbocycles. The minimum Gasteiger partial charge on any atom is -0.386 e. The number of piperidine rings is 1. The van der Waals surface area contributed by atoms with Crippen molar-refractivity contribution in [2.75, 3.05) is 37.3 Å². The molecule has 0 unspecified atom stereocenters. The van der Waals surface area contributed by atoms with E-state index in [2.05, 4.69) is 21.9 Å². The number of nitrogens with two attached hydrogens (primary N) is 1. The molecule has 0 radical (unpaired) electrons. The van der Waals surface area contributed by atoms with Gasteiger partial charge in [0.2, 0.25) is 9.70 Å². The number of nitrogens with zero attached hydrogens (tertiary/aromatic N) is 2. The van der Waals surface area contributed by atoms with Gasteiger partial charge in [0.25, 0.3) is 0 Å². The number of fused-ring (bicyclic) bond motifs is 2. The predicted octanol–water partition coefficient (Wildman–Crippen LogP) is 5.41. The molecule has 2 aliphatic heterocycles. The molecule has 2 heterocycles. The van der Waals surface area contributed by atoms with Gasteiger partial charge in [-0.1, -0.05) is 58.7 Å². The molecular formula is C26H34Cl3N3O4S2. The summed E-state index contributed by atoms with van der Waals surface area (Å²) in [6.07, 6.45) is 3.86. The van der Waals surface area contributed by atoms with Crippen LogP contribution in [0.25, 0.3) is 0 Å². The number of para-hydroxylation sites is 1. The second kappa shape index (κ2) is 12.5. The standard InChI is InChI=1S/C22H27N3O3S2.C4H7Cl3O/c1-30(27,28)17-7-8-21-19(15-17)25(18-5-2-3-6-20(18)29-21)12-4-11-24-13-9-16(10-14-24)22(23)26;1-3(2,8)4(5,6)7/h2-3,5-8,15-16H,4,9-14H2,1H3,(H2,23,26);8H,1-2H3. The van der Waals surface area contributed by atoms with Crippen LogP contribution < -0.4 is 10.6 Å². The summed E-state index contributed by atoms with van der Waals surface area (Å²) >= 11 is 17.5. The molecule has 7 nitrogen and oxygen atoms in total. The number of primary amides is 1. The monoisotopic (exact) mass is 621 g/mol. The molecule has 1 saturated heterocycles. The van der Waals surface area contributed by atoms with Crippen LogP contribution in [0.2, 0.25) is 0 Å². The molecule has 0 spiro atoms. The van der Waals surface area contributed by atoms with Gasteiger partial charge >= 0.3 is 0 Å². The third-order valence-electron chi connectivity index (χ3n) is 6.57. The fraction of sp³-hybridized carbons (Fsp3) is 0.500. The third kappa shape index (κ3) is 8.16. The summed E-state index contributed by atoms with van der Waals surface area (Å²) in [5.41, 5.74) is 6.24. The van der Waals surface area contributed by atoms with Gasteiger partial charge in [-0.15, -0.1) is 0 Å². The lowest BCUT2D eigenvalue weighted by Gasteiger charge is -2.35. The Morgan fingerprint density at radius 3 is 2.18 bits per heavy atom. The Morgan fingerprint density at radius 1 is 1.05 bits per heavy atom. The van der Waals surface area contributed by atoms with Crippen molar-refractivity contribution in [3.8, 4) is 0 Å². The van der Waals surface area contributed by atoms with Crippen molar-refractivity contribution in [1.29, 1.82) is 0 Å². The maximum atomic E-state index is 12.1. The van der Waals surface area contributed by atoms with Crippen molar-refractivity contribution in [2.45, 2.75) is 57.2 Å². The van der Waals surface area contributed by atoms with Crippen LogP contribution >= 0.6 is 46.6 Å². The maximum absolute atomic E-state index is 12.1. The van der Waals surface area contributed by atoms with Crippen molar-refractivity contribution < 1.29 is 18.3 Å². The number of carbonyl (C=O) groups excluding carboxylic acids is 1. The lowest BCUT2D eigenvalue weighted by atomic mass is 9.96. The zero-order valence-electron chi connectivity index (χ0n) is 21.7. The van der Waals surface area contributed by atoms with E-state index in [-0.39, 0.29) is 11.8 Å². The van der Waals surface area contributed by atoms with E-state index >= 15 is 0 Å². The number of hydrogen-bond acceptors (Lipinski definition) is 7. The van der Waals surface area contributed by atoms with E-state index in [1.807, 2.05) is 18.2 Å². The number of anilines is 2. The average Bonchev–Trinajstić information content (AvgIpc) is 2.82. The number of likely N-dealkylation sites (tertiary alicyclic amines) is 1. The molecule has 0 aromatic heterocycles. The Morgan fingerprint density at radius 2 is 1.63 bits per heavy atom. The molecule has 0 bridgehead atoms. The summed E-state index contributed by atoms with van der Waals surface area (Å²) in [4.78, 5) is 18.6. The summed E-state index contributed by atoms with van der Waals surface area (Å²) < 4.78 is 22.6. The van der Waals surface area contributed by atoms with Crippen LogP contribution in [0.4, 0.5) is 11.4 Å². The lowest BCUT2D eigenvalue weighted by molar-refractivity contribution is -0.123. The predicted molar refractivity (Wildman–Crippen MR) is 157 cm³/mol. The minimum absolute atomic E-state index is 0.00790. The molecule has 0 saturated carbocycles. The molecule has 12 heteroatoms. The van der Waals surface area contributed by atoms with E-state index in [1.165, 1.54) is 25.0 Å². The number of sulfone groups is 1. The third-order valence-corrected chi connectivity index (χ3v) is 10.2. The largest absolute Gasteiger partial charge is 0.386 e. The first-order chi connectivity index (χ1) is 17.6. The van der Waals surface area contributed by atoms with Crippen molar-refractivity contribution in [3.63, 3.8) is 0 Å². The normalized spacial score (nSPS) is 16.8. The van der Waals surface area contributed by atoms with Gasteiger partial charge in [0.1, 0.15) is 5.60 Å². The fourth-order valence-corrected chi connectivity index (χ4v) is 5.89. The molecule has 3 N–H and O–H groups in total. The van der Waals surface area contributed by atoms with Crippen molar-refractivity contribution in [2.24, 2.45) is 11.7 Å². The van der Waals surface area contributed by atoms with Gasteiger partial charge in [-0.2, -0.15) is 0 Å². The van der Waals surface area contributed by atoms with E-state index in [4.69, 9.17) is 45.6 Å². The Hall–Kier alpha value is -1.20. The van der Waals surface area contributed by atoms with Gasteiger partial charge in [-0.25, -0.2) is 8.42 Å². The Bertz CT molecular complexity index is 1230. The molecule has 1 amide bonds. The number of halogens is 3. The summed E-state index contributed by atoms with van der Waals surface area (Å²) in [5.74, 6) is -0.177. The number of carbonyl (C=O) groups is 1. The van der Waals surface area contributed by atoms with Gasteiger partial charge in [0.05, 0.1) is 16.3 Å². The van der Waals surface area contributed by atoms with Gasteiger partial charge in [-0.3, -0.25) is 4.79 Å². The molecule has 38 heavy (non-hydrogen) atoms. The molecule has 2 aliphatic rings. The summed E-state index contributed by atoms with van der Waals surface area (Å²) in [6.45, 7) is 6.40. The van der Waals surface area contributed by atoms with Crippen molar-refractivity contribution >= 4 is 73.7 Å². The lowest BCUT2D eigenvalue weighted by Crippen LogP contribution is -2.39. The highest BCUT2D eigenvalue weighted by atomic mass is 35.6. The first-order valence-corrected chi connectivity index (χ1v) is 16.1. The van der Waals surface area contributed by atoms with Crippen LogP contribution in [0.1, 0.15) is 33.1 Å². The van der Waals surface area contributed by atoms with E-state index in [1.54, 1.807) is 23.9 Å². The van der Waals surface area contributed by atoms with Crippen molar-refractivity contribution in [1.82, 2.24) is 4.90 Å². The van der Waals surface area contributed by atoms with Crippen LogP contribution in [0, 0.1) is 5.92 Å². The number of rotatable bonds is 6. The number of amides is 1. The highest BCUT2D eigenvalue weighted by Gasteiger charge is 2.38. The number of benzene rings is 2. The second-order valence-corrected chi connectivity index (χ2v) is 15.4. The Balaban J connectivity index is 0.000000436. The zero-order valence-corrected chi connectivity index (χ0v) is 25.6. The number of alkyl halides is 3. The van der Waals surface area contributed by atoms with Crippen LogP contribution in [0.15, 0.2) is 57.2 Å². The van der Waals surface area contributed by atoms with Gasteiger partial charge in [-0.05, 0) is 83.1 Å². The van der Waals surface area contributed by atoms with Crippen LogP contribution in [0.3, 0.4) is 0 Å².